The summed E-state index contributed by atoms with van der Waals surface area (Å²) in [5.41, 5.74) is 0.0480. The summed E-state index contributed by atoms with van der Waals surface area (Å²) in [5, 5.41) is 2.62. The van der Waals surface area contributed by atoms with Crippen molar-refractivity contribution in [1.29, 1.82) is 0 Å². The zero-order valence-electron chi connectivity index (χ0n) is 8.93. The minimum Gasteiger partial charge on any atom is -0.385 e. The largest absolute Gasteiger partial charge is 0.385 e. The van der Waals surface area contributed by atoms with Crippen molar-refractivity contribution in [2.75, 3.05) is 20.3 Å². The third-order valence-electron chi connectivity index (χ3n) is 1.98. The normalized spacial score (nSPS) is 10.2. The molecule has 0 unspecified atom stereocenters. The van der Waals surface area contributed by atoms with Crippen molar-refractivity contribution in [1.82, 2.24) is 5.32 Å². The molecule has 3 nitrogen and oxygen atoms in total. The van der Waals surface area contributed by atoms with Crippen molar-refractivity contribution >= 4 is 21.8 Å². The lowest BCUT2D eigenvalue weighted by molar-refractivity contribution is 0.0944. The van der Waals surface area contributed by atoms with Crippen LogP contribution in [0.15, 0.2) is 22.7 Å². The quantitative estimate of drug-likeness (QED) is 0.845. The molecular weight excluding hydrogens is 277 g/mol. The Morgan fingerprint density at radius 2 is 2.31 bits per heavy atom. The van der Waals surface area contributed by atoms with Crippen LogP contribution in [0.25, 0.3) is 0 Å². The summed E-state index contributed by atoms with van der Waals surface area (Å²) in [6.45, 7) is 1.04. The Morgan fingerprint density at radius 3 is 3.00 bits per heavy atom. The van der Waals surface area contributed by atoms with Crippen LogP contribution >= 0.6 is 15.9 Å². The molecule has 0 atom stereocenters. The van der Waals surface area contributed by atoms with E-state index in [9.17, 15) is 9.18 Å². The third kappa shape index (κ3) is 3.90. The highest BCUT2D eigenvalue weighted by Crippen LogP contribution is 2.15. The van der Waals surface area contributed by atoms with E-state index >= 15 is 0 Å². The first-order valence-electron chi connectivity index (χ1n) is 4.87. The molecule has 0 aliphatic rings. The number of methoxy groups -OCH3 is 1. The molecular formula is C11H13BrFNO2. The Hall–Kier alpha value is -0.940. The summed E-state index contributed by atoms with van der Waals surface area (Å²) in [7, 11) is 1.59. The first kappa shape index (κ1) is 13.1. The van der Waals surface area contributed by atoms with E-state index in [-0.39, 0.29) is 5.56 Å². The van der Waals surface area contributed by atoms with Gasteiger partial charge in [-0.05, 0) is 24.6 Å². The zero-order chi connectivity index (χ0) is 12.0. The number of carbonyl (C=O) groups excluding carboxylic acids is 1. The summed E-state index contributed by atoms with van der Waals surface area (Å²) >= 11 is 3.19. The Kier molecular flexibility index (Phi) is 5.42. The van der Waals surface area contributed by atoms with Crippen LogP contribution < -0.4 is 5.32 Å². The maximum absolute atomic E-state index is 13.3. The van der Waals surface area contributed by atoms with Gasteiger partial charge in [0.25, 0.3) is 5.91 Å². The number of rotatable bonds is 5. The van der Waals surface area contributed by atoms with Gasteiger partial charge in [-0.15, -0.1) is 0 Å². The van der Waals surface area contributed by atoms with Crippen LogP contribution in [0.1, 0.15) is 16.8 Å². The number of hydrogen-bond donors (Lipinski definition) is 1. The topological polar surface area (TPSA) is 38.3 Å². The fraction of sp³-hybridized carbons (Fsp3) is 0.364. The summed E-state index contributed by atoms with van der Waals surface area (Å²) in [5.74, 6) is -0.928. The Morgan fingerprint density at radius 1 is 1.56 bits per heavy atom. The number of halogens is 2. The molecule has 1 N–H and O–H groups in total. The lowest BCUT2D eigenvalue weighted by Crippen LogP contribution is -2.26. The van der Waals surface area contributed by atoms with E-state index in [0.717, 1.165) is 0 Å². The predicted octanol–water partition coefficient (Wildman–Crippen LogP) is 2.35. The van der Waals surface area contributed by atoms with E-state index in [1.165, 1.54) is 12.1 Å². The summed E-state index contributed by atoms with van der Waals surface area (Å²) in [6, 6.07) is 4.27. The number of benzene rings is 1. The maximum Gasteiger partial charge on any atom is 0.254 e. The molecule has 0 radical (unpaired) electrons. The molecule has 0 saturated heterocycles. The highest BCUT2D eigenvalue weighted by atomic mass is 79.9. The molecule has 0 aliphatic carbocycles. The van der Waals surface area contributed by atoms with Gasteiger partial charge in [0, 0.05) is 24.7 Å². The van der Waals surface area contributed by atoms with Gasteiger partial charge in [0.1, 0.15) is 5.82 Å². The molecule has 1 rings (SSSR count). The SMILES string of the molecule is COCCCNC(=O)c1cc(Br)ccc1F. The molecule has 0 saturated carbocycles. The van der Waals surface area contributed by atoms with E-state index < -0.39 is 11.7 Å². The molecule has 0 heterocycles. The van der Waals surface area contributed by atoms with Gasteiger partial charge in [0.2, 0.25) is 0 Å². The second-order valence-electron chi connectivity index (χ2n) is 3.23. The molecule has 1 aromatic carbocycles. The Bertz CT molecular complexity index is 371. The van der Waals surface area contributed by atoms with Gasteiger partial charge in [-0.25, -0.2) is 4.39 Å². The standard InChI is InChI=1S/C11H13BrFNO2/c1-16-6-2-5-14-11(15)9-7-8(12)3-4-10(9)13/h3-4,7H,2,5-6H2,1H3,(H,14,15). The Labute approximate surface area is 102 Å². The molecule has 5 heteroatoms. The fourth-order valence-electron chi connectivity index (χ4n) is 1.19. The van der Waals surface area contributed by atoms with E-state index in [2.05, 4.69) is 21.2 Å². The number of hydrogen-bond acceptors (Lipinski definition) is 2. The minimum atomic E-state index is -0.521. The van der Waals surface area contributed by atoms with E-state index in [0.29, 0.717) is 24.0 Å². The summed E-state index contributed by atoms with van der Waals surface area (Å²) < 4.78 is 18.8. The van der Waals surface area contributed by atoms with E-state index in [1.54, 1.807) is 13.2 Å². The van der Waals surface area contributed by atoms with Crippen LogP contribution in [0.2, 0.25) is 0 Å². The van der Waals surface area contributed by atoms with Gasteiger partial charge < -0.3 is 10.1 Å². The van der Waals surface area contributed by atoms with Crippen molar-refractivity contribution in [2.45, 2.75) is 6.42 Å². The number of ether oxygens (including phenoxy) is 1. The third-order valence-corrected chi connectivity index (χ3v) is 2.48. The second kappa shape index (κ2) is 6.60. The molecule has 0 fully saturated rings. The van der Waals surface area contributed by atoms with E-state index in [1.807, 2.05) is 0 Å². The van der Waals surface area contributed by atoms with Gasteiger partial charge in [0.05, 0.1) is 5.56 Å². The number of nitrogens with one attached hydrogen (secondary N) is 1. The molecule has 0 spiro atoms. The maximum atomic E-state index is 13.3. The van der Waals surface area contributed by atoms with Crippen molar-refractivity contribution in [3.8, 4) is 0 Å². The lowest BCUT2D eigenvalue weighted by atomic mass is 10.2. The van der Waals surface area contributed by atoms with Crippen molar-refractivity contribution in [3.05, 3.63) is 34.1 Å². The number of carbonyl (C=O) groups is 1. The van der Waals surface area contributed by atoms with Gasteiger partial charge in [-0.1, -0.05) is 15.9 Å². The predicted molar refractivity (Wildman–Crippen MR) is 62.9 cm³/mol. The fourth-order valence-corrected chi connectivity index (χ4v) is 1.55. The average molecular weight is 290 g/mol. The van der Waals surface area contributed by atoms with Crippen molar-refractivity contribution in [2.24, 2.45) is 0 Å². The van der Waals surface area contributed by atoms with Gasteiger partial charge in [-0.2, -0.15) is 0 Å². The van der Waals surface area contributed by atoms with E-state index in [4.69, 9.17) is 4.74 Å². The molecule has 0 aliphatic heterocycles. The van der Waals surface area contributed by atoms with Gasteiger partial charge >= 0.3 is 0 Å². The van der Waals surface area contributed by atoms with Crippen LogP contribution in [0, 0.1) is 5.82 Å². The molecule has 1 amide bonds. The van der Waals surface area contributed by atoms with Crippen LogP contribution in [0.5, 0.6) is 0 Å². The molecule has 0 aromatic heterocycles. The second-order valence-corrected chi connectivity index (χ2v) is 4.14. The van der Waals surface area contributed by atoms with Crippen molar-refractivity contribution in [3.63, 3.8) is 0 Å². The zero-order valence-corrected chi connectivity index (χ0v) is 10.5. The van der Waals surface area contributed by atoms with Crippen LogP contribution in [-0.2, 0) is 4.74 Å². The molecule has 0 bridgehead atoms. The smallest absolute Gasteiger partial charge is 0.254 e. The first-order valence-corrected chi connectivity index (χ1v) is 5.66. The van der Waals surface area contributed by atoms with Gasteiger partial charge in [-0.3, -0.25) is 4.79 Å². The first-order chi connectivity index (χ1) is 7.65. The highest BCUT2D eigenvalue weighted by molar-refractivity contribution is 9.10. The highest BCUT2D eigenvalue weighted by Gasteiger charge is 2.11. The molecule has 88 valence electrons. The number of amides is 1. The van der Waals surface area contributed by atoms with Crippen LogP contribution in [-0.4, -0.2) is 26.2 Å². The van der Waals surface area contributed by atoms with Crippen LogP contribution in [0.3, 0.4) is 0 Å². The monoisotopic (exact) mass is 289 g/mol. The summed E-state index contributed by atoms with van der Waals surface area (Å²) in [4.78, 5) is 11.6. The van der Waals surface area contributed by atoms with Crippen molar-refractivity contribution < 1.29 is 13.9 Å². The molecule has 1 aromatic rings. The minimum absolute atomic E-state index is 0.0480. The molecule has 16 heavy (non-hydrogen) atoms. The average Bonchev–Trinajstić information content (AvgIpc) is 2.27. The van der Waals surface area contributed by atoms with Crippen LogP contribution in [0.4, 0.5) is 4.39 Å². The summed E-state index contributed by atoms with van der Waals surface area (Å²) in [6.07, 6.45) is 0.706. The van der Waals surface area contributed by atoms with Gasteiger partial charge in [0.15, 0.2) is 0 Å². The lowest BCUT2D eigenvalue weighted by Gasteiger charge is -2.06. The Balaban J connectivity index is 2.55.